The Hall–Kier alpha value is -3.56. The van der Waals surface area contributed by atoms with Crippen molar-refractivity contribution >= 4 is 45.0 Å². The van der Waals surface area contributed by atoms with E-state index in [0.29, 0.717) is 27.9 Å². The first kappa shape index (κ1) is 22.2. The largest absolute Gasteiger partial charge is 0.454 e. The Balaban J connectivity index is 1.19. The summed E-state index contributed by atoms with van der Waals surface area (Å²) in [5.41, 5.74) is 2.72. The van der Waals surface area contributed by atoms with Crippen LogP contribution in [0.15, 0.2) is 48.5 Å². The number of carbonyl (C=O) groups excluding carboxylic acids is 2. The molecule has 0 bridgehead atoms. The van der Waals surface area contributed by atoms with E-state index in [1.54, 1.807) is 12.1 Å². The number of rotatable bonds is 7. The van der Waals surface area contributed by atoms with E-state index < -0.39 is 11.9 Å². The second-order valence-corrected chi connectivity index (χ2v) is 9.21. The molecule has 0 saturated carbocycles. The van der Waals surface area contributed by atoms with Crippen molar-refractivity contribution < 1.29 is 23.8 Å². The summed E-state index contributed by atoms with van der Waals surface area (Å²) in [6, 6.07) is 14.7. The predicted octanol–water partition coefficient (Wildman–Crippen LogP) is 4.31. The summed E-state index contributed by atoms with van der Waals surface area (Å²) in [6.07, 6.45) is 0. The first-order valence-electron chi connectivity index (χ1n) is 10.5. The number of nitrogens with one attached hydrogen (secondary N) is 1. The van der Waals surface area contributed by atoms with Crippen LogP contribution in [0.4, 0.5) is 0 Å². The van der Waals surface area contributed by atoms with E-state index in [1.165, 1.54) is 11.3 Å². The zero-order chi connectivity index (χ0) is 23.7. The van der Waals surface area contributed by atoms with Gasteiger partial charge in [0.1, 0.15) is 9.71 Å². The smallest absolute Gasteiger partial charge is 0.348 e. The molecule has 2 aromatic heterocycles. The van der Waals surface area contributed by atoms with Gasteiger partial charge in [-0.25, -0.2) is 4.79 Å². The third-order valence-electron chi connectivity index (χ3n) is 5.32. The molecule has 5 rings (SSSR count). The minimum Gasteiger partial charge on any atom is -0.454 e. The van der Waals surface area contributed by atoms with Gasteiger partial charge >= 0.3 is 5.97 Å². The number of hydrogen-bond acceptors (Lipinski definition) is 7. The lowest BCUT2D eigenvalue weighted by atomic mass is 10.2. The van der Waals surface area contributed by atoms with Gasteiger partial charge in [-0.15, -0.1) is 11.3 Å². The van der Waals surface area contributed by atoms with Gasteiger partial charge in [0, 0.05) is 17.0 Å². The van der Waals surface area contributed by atoms with Gasteiger partial charge in [0.2, 0.25) is 6.79 Å². The number of halogens is 1. The van der Waals surface area contributed by atoms with Crippen LogP contribution in [0.25, 0.3) is 10.2 Å². The van der Waals surface area contributed by atoms with E-state index in [1.807, 2.05) is 48.0 Å². The first-order valence-corrected chi connectivity index (χ1v) is 11.7. The monoisotopic (exact) mass is 497 g/mol. The molecule has 8 nitrogen and oxygen atoms in total. The Morgan fingerprint density at radius 3 is 2.71 bits per heavy atom. The van der Waals surface area contributed by atoms with Crippen LogP contribution in [0.5, 0.6) is 11.5 Å². The Morgan fingerprint density at radius 1 is 1.12 bits per heavy atom. The first-order chi connectivity index (χ1) is 16.5. The molecule has 4 aromatic rings. The minimum atomic E-state index is -0.545. The van der Waals surface area contributed by atoms with Crippen LogP contribution in [0.2, 0.25) is 5.02 Å². The van der Waals surface area contributed by atoms with Crippen LogP contribution in [-0.2, 0) is 22.6 Å². The summed E-state index contributed by atoms with van der Waals surface area (Å²) in [6.45, 7) is 2.56. The summed E-state index contributed by atoms with van der Waals surface area (Å²) in [4.78, 5) is 26.0. The average Bonchev–Trinajstić information content (AvgIpc) is 3.54. The van der Waals surface area contributed by atoms with Crippen molar-refractivity contribution in [2.45, 2.75) is 20.0 Å². The fourth-order valence-corrected chi connectivity index (χ4v) is 4.77. The highest BCUT2D eigenvalue weighted by atomic mass is 35.5. The molecule has 0 saturated heterocycles. The molecule has 0 unspecified atom stereocenters. The normalized spacial score (nSPS) is 12.2. The maximum Gasteiger partial charge on any atom is 0.348 e. The zero-order valence-corrected chi connectivity index (χ0v) is 19.7. The van der Waals surface area contributed by atoms with Crippen molar-refractivity contribution in [3.63, 3.8) is 0 Å². The fraction of sp³-hybridized carbons (Fsp3) is 0.208. The molecule has 3 heterocycles. The summed E-state index contributed by atoms with van der Waals surface area (Å²) >= 11 is 7.26. The van der Waals surface area contributed by atoms with Gasteiger partial charge in [-0.05, 0) is 48.4 Å². The number of aromatic nitrogens is 2. The molecule has 0 aliphatic carbocycles. The molecule has 34 heavy (non-hydrogen) atoms. The number of thiophene rings is 1. The number of hydrogen-bond donors (Lipinski definition) is 1. The van der Waals surface area contributed by atoms with Gasteiger partial charge in [-0.2, -0.15) is 5.10 Å². The van der Waals surface area contributed by atoms with Crippen LogP contribution in [-0.4, -0.2) is 35.1 Å². The van der Waals surface area contributed by atoms with E-state index in [-0.39, 0.29) is 19.9 Å². The highest BCUT2D eigenvalue weighted by Gasteiger charge is 2.19. The zero-order valence-electron chi connectivity index (χ0n) is 18.2. The number of esters is 1. The van der Waals surface area contributed by atoms with Gasteiger partial charge in [-0.1, -0.05) is 29.8 Å². The quantitative estimate of drug-likeness (QED) is 0.382. The fourth-order valence-electron chi connectivity index (χ4n) is 3.59. The molecule has 0 radical (unpaired) electrons. The van der Waals surface area contributed by atoms with Crippen molar-refractivity contribution in [1.29, 1.82) is 0 Å². The third kappa shape index (κ3) is 4.71. The van der Waals surface area contributed by atoms with Gasteiger partial charge in [0.15, 0.2) is 18.1 Å². The van der Waals surface area contributed by atoms with E-state index in [2.05, 4.69) is 10.4 Å². The average molecular weight is 498 g/mol. The van der Waals surface area contributed by atoms with Gasteiger partial charge in [0.05, 0.1) is 12.2 Å². The van der Waals surface area contributed by atoms with Crippen molar-refractivity contribution in [2.24, 2.45) is 0 Å². The van der Waals surface area contributed by atoms with E-state index in [0.717, 1.165) is 27.0 Å². The summed E-state index contributed by atoms with van der Waals surface area (Å²) in [5, 5.41) is 8.87. The highest BCUT2D eigenvalue weighted by Crippen LogP contribution is 2.32. The van der Waals surface area contributed by atoms with Gasteiger partial charge < -0.3 is 19.5 Å². The SMILES string of the molecule is Cc1nn(Cc2ccc(Cl)cc2)c2sc(C(=O)OCC(=O)NCc3ccc4c(c3)OCO4)cc12. The number of amides is 1. The Kier molecular flexibility index (Phi) is 6.12. The Bertz CT molecular complexity index is 1380. The molecule has 10 heteroatoms. The molecule has 1 N–H and O–H groups in total. The van der Waals surface area contributed by atoms with E-state index in [4.69, 9.17) is 25.8 Å². The minimum absolute atomic E-state index is 0.192. The lowest BCUT2D eigenvalue weighted by Gasteiger charge is -2.07. The van der Waals surface area contributed by atoms with Crippen LogP contribution in [0.1, 0.15) is 26.5 Å². The van der Waals surface area contributed by atoms with Crippen LogP contribution in [0.3, 0.4) is 0 Å². The molecular formula is C24H20ClN3O5S. The number of carbonyl (C=O) groups is 2. The molecule has 0 spiro atoms. The van der Waals surface area contributed by atoms with Gasteiger partial charge in [-0.3, -0.25) is 9.48 Å². The maximum absolute atomic E-state index is 12.6. The highest BCUT2D eigenvalue weighted by molar-refractivity contribution is 7.20. The van der Waals surface area contributed by atoms with E-state index >= 15 is 0 Å². The molecule has 2 aromatic carbocycles. The third-order valence-corrected chi connectivity index (χ3v) is 6.70. The maximum atomic E-state index is 12.6. The Labute approximate surface area is 204 Å². The molecule has 0 fully saturated rings. The lowest BCUT2D eigenvalue weighted by molar-refractivity contribution is -0.124. The topological polar surface area (TPSA) is 91.7 Å². The lowest BCUT2D eigenvalue weighted by Crippen LogP contribution is -2.28. The number of nitrogens with zero attached hydrogens (tertiary/aromatic N) is 2. The van der Waals surface area contributed by atoms with E-state index in [9.17, 15) is 9.59 Å². The second-order valence-electron chi connectivity index (χ2n) is 7.74. The number of fused-ring (bicyclic) bond motifs is 2. The number of ether oxygens (including phenoxy) is 3. The number of aryl methyl sites for hydroxylation is 1. The number of benzene rings is 2. The standard InChI is InChI=1S/C24H20ClN3O5S/c1-14-18-9-21(34-23(18)28(27-14)11-15-2-5-17(25)6-3-15)24(30)31-12-22(29)26-10-16-4-7-19-20(8-16)33-13-32-19/h2-9H,10-13H2,1H3,(H,26,29). The molecule has 1 amide bonds. The molecule has 1 aliphatic rings. The Morgan fingerprint density at radius 2 is 1.88 bits per heavy atom. The predicted molar refractivity (Wildman–Crippen MR) is 128 cm³/mol. The van der Waals surface area contributed by atoms with Crippen molar-refractivity contribution in [3.05, 3.63) is 75.3 Å². The van der Waals surface area contributed by atoms with Crippen molar-refractivity contribution in [3.8, 4) is 11.5 Å². The summed E-state index contributed by atoms with van der Waals surface area (Å²) < 4.78 is 17.7. The second kappa shape index (κ2) is 9.36. The molecule has 0 atom stereocenters. The van der Waals surface area contributed by atoms with Crippen LogP contribution < -0.4 is 14.8 Å². The molecule has 174 valence electrons. The van der Waals surface area contributed by atoms with Gasteiger partial charge in [0.25, 0.3) is 5.91 Å². The molecule has 1 aliphatic heterocycles. The van der Waals surface area contributed by atoms with Crippen LogP contribution in [0, 0.1) is 6.92 Å². The molecular weight excluding hydrogens is 478 g/mol. The summed E-state index contributed by atoms with van der Waals surface area (Å²) in [5.74, 6) is 0.390. The summed E-state index contributed by atoms with van der Waals surface area (Å²) in [7, 11) is 0. The van der Waals surface area contributed by atoms with Crippen molar-refractivity contribution in [2.75, 3.05) is 13.4 Å². The van der Waals surface area contributed by atoms with Crippen molar-refractivity contribution in [1.82, 2.24) is 15.1 Å². The van der Waals surface area contributed by atoms with Crippen LogP contribution >= 0.6 is 22.9 Å².